The van der Waals surface area contributed by atoms with Gasteiger partial charge in [0.25, 0.3) is 0 Å². The quantitative estimate of drug-likeness (QED) is 0.773. The number of carbonyl (C=O) groups excluding carboxylic acids is 1. The van der Waals surface area contributed by atoms with Gasteiger partial charge >= 0.3 is 5.97 Å². The van der Waals surface area contributed by atoms with E-state index in [1.807, 2.05) is 0 Å². The number of nitrogens with one attached hydrogen (secondary N) is 1. The number of piperidine rings is 1. The largest absolute Gasteiger partial charge is 0.469 e. The summed E-state index contributed by atoms with van der Waals surface area (Å²) < 4.78 is 4.91. The number of aromatic nitrogens is 1. The minimum Gasteiger partial charge on any atom is -0.469 e. The highest BCUT2D eigenvalue weighted by atomic mass is 16.5. The van der Waals surface area contributed by atoms with E-state index in [0.717, 1.165) is 38.6 Å². The number of aliphatic hydroxyl groups is 1. The molecular weight excluding hydrogens is 328 g/mol. The zero-order chi connectivity index (χ0) is 17.8. The maximum Gasteiger partial charge on any atom is 0.311 e. The molecule has 2 N–H and O–H groups in total. The monoisotopic (exact) mass is 354 g/mol. The van der Waals surface area contributed by atoms with E-state index in [2.05, 4.69) is 34.1 Å². The highest BCUT2D eigenvalue weighted by Crippen LogP contribution is 2.48. The molecule has 1 saturated heterocycles. The minimum atomic E-state index is -0.578. The van der Waals surface area contributed by atoms with Crippen LogP contribution in [0.15, 0.2) is 24.3 Å². The molecule has 5 nitrogen and oxygen atoms in total. The number of H-pyrrole nitrogens is 1. The van der Waals surface area contributed by atoms with Gasteiger partial charge in [0.05, 0.1) is 25.2 Å². The van der Waals surface area contributed by atoms with Crippen LogP contribution in [0.4, 0.5) is 0 Å². The van der Waals surface area contributed by atoms with Gasteiger partial charge in [-0.1, -0.05) is 18.2 Å². The number of methoxy groups -OCH3 is 1. The number of nitrogens with zero attached hydrogens (tertiary/aromatic N) is 1. The molecule has 138 valence electrons. The lowest BCUT2D eigenvalue weighted by Gasteiger charge is -2.52. The lowest BCUT2D eigenvalue weighted by atomic mass is 9.69. The zero-order valence-electron chi connectivity index (χ0n) is 15.1. The second-order valence-electron chi connectivity index (χ2n) is 8.07. The molecule has 0 amide bonds. The summed E-state index contributed by atoms with van der Waals surface area (Å²) in [6.45, 7) is 1.04. The zero-order valence-corrected chi connectivity index (χ0v) is 15.1. The van der Waals surface area contributed by atoms with Gasteiger partial charge in [-0.25, -0.2) is 0 Å². The molecule has 5 rings (SSSR count). The molecule has 3 aliphatic rings. The first-order valence-electron chi connectivity index (χ1n) is 9.80. The van der Waals surface area contributed by atoms with Crippen LogP contribution in [-0.4, -0.2) is 46.8 Å². The van der Waals surface area contributed by atoms with Crippen LogP contribution in [0.5, 0.6) is 0 Å². The molecule has 5 atom stereocenters. The first-order chi connectivity index (χ1) is 12.7. The number of esters is 1. The highest BCUT2D eigenvalue weighted by Gasteiger charge is 2.49. The van der Waals surface area contributed by atoms with Crippen LogP contribution in [0, 0.1) is 11.8 Å². The Balaban J connectivity index is 1.45. The third-order valence-electron chi connectivity index (χ3n) is 7.02. The first kappa shape index (κ1) is 16.3. The van der Waals surface area contributed by atoms with Crippen LogP contribution in [0.25, 0.3) is 10.9 Å². The summed E-state index contributed by atoms with van der Waals surface area (Å²) in [4.78, 5) is 18.3. The van der Waals surface area contributed by atoms with Crippen molar-refractivity contribution in [2.75, 3.05) is 13.7 Å². The van der Waals surface area contributed by atoms with E-state index >= 15 is 0 Å². The third-order valence-corrected chi connectivity index (χ3v) is 7.02. The average molecular weight is 354 g/mol. The Kier molecular flexibility index (Phi) is 3.83. The second-order valence-corrected chi connectivity index (χ2v) is 8.07. The number of rotatable bonds is 1. The van der Waals surface area contributed by atoms with Gasteiger partial charge in [0.1, 0.15) is 0 Å². The van der Waals surface area contributed by atoms with Crippen LogP contribution >= 0.6 is 0 Å². The Bertz CT molecular complexity index is 845. The SMILES string of the molecule is COC(=O)C1CCC2C(CCC3c4[nH]c5ccccc5c4CCN32)C1O. The van der Waals surface area contributed by atoms with E-state index in [4.69, 9.17) is 4.74 Å². The van der Waals surface area contributed by atoms with Crippen molar-refractivity contribution in [3.05, 3.63) is 35.5 Å². The van der Waals surface area contributed by atoms with Crippen LogP contribution in [0.3, 0.4) is 0 Å². The maximum absolute atomic E-state index is 12.0. The van der Waals surface area contributed by atoms with E-state index in [-0.39, 0.29) is 17.8 Å². The van der Waals surface area contributed by atoms with Gasteiger partial charge in [-0.05, 0) is 43.7 Å². The summed E-state index contributed by atoms with van der Waals surface area (Å²) in [7, 11) is 1.42. The fourth-order valence-electron chi connectivity index (χ4n) is 5.84. The predicted molar refractivity (Wildman–Crippen MR) is 98.7 cm³/mol. The number of aromatic amines is 1. The number of para-hydroxylation sites is 1. The summed E-state index contributed by atoms with van der Waals surface area (Å²) >= 11 is 0. The highest BCUT2D eigenvalue weighted by molar-refractivity contribution is 5.85. The van der Waals surface area contributed by atoms with Crippen molar-refractivity contribution < 1.29 is 14.6 Å². The Labute approximate surface area is 153 Å². The molecule has 2 aromatic rings. The van der Waals surface area contributed by atoms with Crippen LogP contribution in [-0.2, 0) is 16.0 Å². The maximum atomic E-state index is 12.0. The number of hydrogen-bond acceptors (Lipinski definition) is 4. The summed E-state index contributed by atoms with van der Waals surface area (Å²) in [5.41, 5.74) is 4.08. The van der Waals surface area contributed by atoms with Gasteiger partial charge in [0.2, 0.25) is 0 Å². The molecule has 5 heteroatoms. The normalized spacial score (nSPS) is 34.0. The first-order valence-corrected chi connectivity index (χ1v) is 9.80. The lowest BCUT2D eigenvalue weighted by Crippen LogP contribution is -2.57. The fourth-order valence-corrected chi connectivity index (χ4v) is 5.84. The van der Waals surface area contributed by atoms with Gasteiger partial charge in [0.15, 0.2) is 0 Å². The van der Waals surface area contributed by atoms with E-state index in [1.54, 1.807) is 0 Å². The van der Waals surface area contributed by atoms with Crippen molar-refractivity contribution in [1.29, 1.82) is 0 Å². The number of ether oxygens (including phenoxy) is 1. The van der Waals surface area contributed by atoms with Gasteiger partial charge in [-0.3, -0.25) is 9.69 Å². The minimum absolute atomic E-state index is 0.176. The molecule has 1 aliphatic carbocycles. The van der Waals surface area contributed by atoms with Crippen molar-refractivity contribution in [3.8, 4) is 0 Å². The molecule has 3 heterocycles. The van der Waals surface area contributed by atoms with E-state index in [9.17, 15) is 9.90 Å². The van der Waals surface area contributed by atoms with Crippen molar-refractivity contribution in [3.63, 3.8) is 0 Å². The molecule has 0 bridgehead atoms. The molecule has 0 radical (unpaired) electrons. The van der Waals surface area contributed by atoms with Crippen molar-refractivity contribution in [1.82, 2.24) is 9.88 Å². The van der Waals surface area contributed by atoms with E-state index < -0.39 is 6.10 Å². The second kappa shape index (κ2) is 6.10. The van der Waals surface area contributed by atoms with Crippen LogP contribution in [0.1, 0.15) is 43.0 Å². The van der Waals surface area contributed by atoms with Gasteiger partial charge in [-0.15, -0.1) is 0 Å². The van der Waals surface area contributed by atoms with E-state index in [0.29, 0.717) is 12.1 Å². The van der Waals surface area contributed by atoms with Gasteiger partial charge in [-0.2, -0.15) is 0 Å². The number of benzene rings is 1. The van der Waals surface area contributed by atoms with Crippen LogP contribution in [0.2, 0.25) is 0 Å². The van der Waals surface area contributed by atoms with Crippen LogP contribution < -0.4 is 0 Å². The Morgan fingerprint density at radius 1 is 1.23 bits per heavy atom. The fraction of sp³-hybridized carbons (Fsp3) is 0.571. The van der Waals surface area contributed by atoms with E-state index in [1.165, 1.54) is 29.3 Å². The Morgan fingerprint density at radius 2 is 2.08 bits per heavy atom. The topological polar surface area (TPSA) is 65.6 Å². The van der Waals surface area contributed by atoms with Crippen molar-refractivity contribution in [2.45, 2.75) is 50.3 Å². The Morgan fingerprint density at radius 3 is 2.92 bits per heavy atom. The summed E-state index contributed by atoms with van der Waals surface area (Å²) in [6.07, 6.45) is 4.16. The molecule has 0 spiro atoms. The number of fused-ring (bicyclic) bond motifs is 7. The molecule has 1 saturated carbocycles. The number of aliphatic hydroxyl groups excluding tert-OH is 1. The molecule has 1 aromatic carbocycles. The molecule has 2 aliphatic heterocycles. The summed E-state index contributed by atoms with van der Waals surface area (Å²) in [5.74, 6) is -0.434. The Hall–Kier alpha value is -1.85. The smallest absolute Gasteiger partial charge is 0.311 e. The molecule has 1 aromatic heterocycles. The van der Waals surface area contributed by atoms with Gasteiger partial charge < -0.3 is 14.8 Å². The molecule has 2 fully saturated rings. The number of carbonyl (C=O) groups is 1. The third kappa shape index (κ3) is 2.26. The molecular formula is C21H26N2O3. The number of hydrogen-bond donors (Lipinski definition) is 2. The standard InChI is InChI=1S/C21H26N2O3/c1-26-21(25)15-7-8-17-14(20(15)24)6-9-18-19-13(10-11-23(17)18)12-4-2-3-5-16(12)22-19/h2-5,14-15,17-18,20,22,24H,6-11H2,1H3. The van der Waals surface area contributed by atoms with Crippen molar-refractivity contribution >= 4 is 16.9 Å². The predicted octanol–water partition coefficient (Wildman–Crippen LogP) is 2.79. The summed E-state index contributed by atoms with van der Waals surface area (Å²) in [6, 6.07) is 9.36. The summed E-state index contributed by atoms with van der Waals surface area (Å²) in [5, 5.41) is 12.2. The molecule has 5 unspecified atom stereocenters. The lowest BCUT2D eigenvalue weighted by molar-refractivity contribution is -0.158. The molecule has 26 heavy (non-hydrogen) atoms. The van der Waals surface area contributed by atoms with Gasteiger partial charge in [0, 0.05) is 35.1 Å². The average Bonchev–Trinajstić information content (AvgIpc) is 3.06. The van der Waals surface area contributed by atoms with Crippen molar-refractivity contribution in [2.24, 2.45) is 11.8 Å².